The Balaban J connectivity index is 2.20. The molecule has 0 saturated carbocycles. The van der Waals surface area contributed by atoms with Crippen molar-refractivity contribution in [1.29, 1.82) is 0 Å². The number of benzene rings is 1. The molecule has 4 N–H and O–H groups in total. The zero-order valence-corrected chi connectivity index (χ0v) is 17.2. The maximum absolute atomic E-state index is 13.6. The summed E-state index contributed by atoms with van der Waals surface area (Å²) in [6, 6.07) is 3.79. The van der Waals surface area contributed by atoms with Crippen molar-refractivity contribution >= 4 is 5.97 Å². The second-order valence-electron chi connectivity index (χ2n) is 7.60. The first-order valence-electron chi connectivity index (χ1n) is 9.95. The van der Waals surface area contributed by atoms with Crippen LogP contribution in [0.25, 0.3) is 11.3 Å². The average Bonchev–Trinajstić information content (AvgIpc) is 3.14. The van der Waals surface area contributed by atoms with Gasteiger partial charge < -0.3 is 20.6 Å². The monoisotopic (exact) mass is 427 g/mol. The Kier molecular flexibility index (Phi) is 7.89. The zero-order valence-electron chi connectivity index (χ0n) is 17.2. The van der Waals surface area contributed by atoms with Gasteiger partial charge in [-0.1, -0.05) is 32.6 Å². The fourth-order valence-electron chi connectivity index (χ4n) is 3.09. The third-order valence-corrected chi connectivity index (χ3v) is 4.74. The summed E-state index contributed by atoms with van der Waals surface area (Å²) in [5.41, 5.74) is 4.39. The summed E-state index contributed by atoms with van der Waals surface area (Å²) in [5, 5.41) is 8.96. The van der Waals surface area contributed by atoms with Gasteiger partial charge in [0, 0.05) is 5.56 Å². The highest BCUT2D eigenvalue weighted by Crippen LogP contribution is 2.39. The highest BCUT2D eigenvalue weighted by atomic mass is 19.4. The van der Waals surface area contributed by atoms with E-state index in [0.29, 0.717) is 12.1 Å². The Labute approximate surface area is 173 Å². The number of nitrogens with two attached hydrogens (primary N) is 1. The van der Waals surface area contributed by atoms with Gasteiger partial charge in [-0.15, -0.1) is 0 Å². The van der Waals surface area contributed by atoms with Gasteiger partial charge in [0.1, 0.15) is 11.6 Å². The van der Waals surface area contributed by atoms with E-state index >= 15 is 0 Å². The van der Waals surface area contributed by atoms with E-state index < -0.39 is 23.2 Å². The molecule has 9 heteroatoms. The third kappa shape index (κ3) is 6.48. The number of nitrogens with zero attached hydrogens (tertiary/aromatic N) is 1. The molecule has 166 valence electrons. The van der Waals surface area contributed by atoms with E-state index in [1.807, 2.05) is 0 Å². The normalized spacial score (nSPS) is 13.8. The van der Waals surface area contributed by atoms with Gasteiger partial charge in [0.05, 0.1) is 36.0 Å². The van der Waals surface area contributed by atoms with Gasteiger partial charge in [0.2, 0.25) is 0 Å². The Morgan fingerprint density at radius 1 is 1.23 bits per heavy atom. The number of carbonyl (C=O) groups is 1. The summed E-state index contributed by atoms with van der Waals surface area (Å²) in [6.45, 7) is 3.81. The number of aromatic amines is 1. The standard InChI is InChI=1S/C21H28F3N3O3/c1-3-4-5-6-7-10-30-17-9-8-14(11-15(17)21(22,23)24)16-13-26-19(27-16)20(2,25)12-18(28)29/h8-9,11,13H,3-7,10,12,25H2,1-2H3,(H,26,27)(H,28,29)/t20-/m0/s1. The number of hydrogen-bond donors (Lipinski definition) is 3. The minimum Gasteiger partial charge on any atom is -0.493 e. The molecule has 0 spiro atoms. The number of carboxylic acids is 1. The molecule has 0 bridgehead atoms. The highest BCUT2D eigenvalue weighted by Gasteiger charge is 2.35. The Bertz CT molecular complexity index is 848. The van der Waals surface area contributed by atoms with Gasteiger partial charge >= 0.3 is 12.1 Å². The first-order chi connectivity index (χ1) is 14.0. The van der Waals surface area contributed by atoms with E-state index in [0.717, 1.165) is 31.7 Å². The summed E-state index contributed by atoms with van der Waals surface area (Å²) in [5.74, 6) is -1.13. The quantitative estimate of drug-likeness (QED) is 0.434. The van der Waals surface area contributed by atoms with Crippen molar-refractivity contribution in [3.05, 3.63) is 35.8 Å². The molecular weight excluding hydrogens is 399 g/mol. The van der Waals surface area contributed by atoms with E-state index in [2.05, 4.69) is 16.9 Å². The SMILES string of the molecule is CCCCCCCOc1ccc(-c2cnc([C@@](C)(N)CC(=O)O)[nH]2)cc1C(F)(F)F. The predicted octanol–water partition coefficient (Wildman–Crippen LogP) is 5.09. The Hall–Kier alpha value is -2.55. The molecule has 2 rings (SSSR count). The second kappa shape index (κ2) is 9.97. The predicted molar refractivity (Wildman–Crippen MR) is 107 cm³/mol. The highest BCUT2D eigenvalue weighted by molar-refractivity contribution is 5.68. The number of unbranched alkanes of at least 4 members (excludes halogenated alkanes) is 4. The molecule has 1 aromatic carbocycles. The van der Waals surface area contributed by atoms with Crippen LogP contribution in [0.5, 0.6) is 5.75 Å². The second-order valence-corrected chi connectivity index (χ2v) is 7.60. The molecule has 0 aliphatic carbocycles. The van der Waals surface area contributed by atoms with Gasteiger partial charge in [-0.25, -0.2) is 4.98 Å². The fourth-order valence-corrected chi connectivity index (χ4v) is 3.09. The van der Waals surface area contributed by atoms with Crippen molar-refractivity contribution < 1.29 is 27.8 Å². The molecule has 0 unspecified atom stereocenters. The maximum Gasteiger partial charge on any atom is 0.419 e. The molecule has 1 atom stereocenters. The van der Waals surface area contributed by atoms with Crippen LogP contribution < -0.4 is 10.5 Å². The van der Waals surface area contributed by atoms with Crippen LogP contribution in [0.2, 0.25) is 0 Å². The number of imidazole rings is 1. The molecule has 1 aromatic heterocycles. The molecule has 30 heavy (non-hydrogen) atoms. The largest absolute Gasteiger partial charge is 0.493 e. The van der Waals surface area contributed by atoms with Gasteiger partial charge in [0.15, 0.2) is 0 Å². The molecule has 0 amide bonds. The number of ether oxygens (including phenoxy) is 1. The van der Waals surface area contributed by atoms with Gasteiger partial charge in [-0.2, -0.15) is 13.2 Å². The summed E-state index contributed by atoms with van der Waals surface area (Å²) < 4.78 is 46.1. The summed E-state index contributed by atoms with van der Waals surface area (Å²) in [6.07, 6.45) is 1.22. The van der Waals surface area contributed by atoms with Gasteiger partial charge in [0.25, 0.3) is 0 Å². The lowest BCUT2D eigenvalue weighted by Gasteiger charge is -2.19. The smallest absolute Gasteiger partial charge is 0.419 e. The van der Waals surface area contributed by atoms with E-state index in [1.54, 1.807) is 0 Å². The molecule has 0 saturated heterocycles. The molecule has 0 fully saturated rings. The lowest BCUT2D eigenvalue weighted by atomic mass is 9.99. The zero-order chi connectivity index (χ0) is 22.4. The topological polar surface area (TPSA) is 101 Å². The summed E-state index contributed by atoms with van der Waals surface area (Å²) in [7, 11) is 0. The van der Waals surface area contributed by atoms with Crippen LogP contribution in [0.3, 0.4) is 0 Å². The number of alkyl halides is 3. The van der Waals surface area contributed by atoms with Crippen LogP contribution in [0.1, 0.15) is 63.8 Å². The van der Waals surface area contributed by atoms with Crippen LogP contribution in [0.15, 0.2) is 24.4 Å². The van der Waals surface area contributed by atoms with E-state index in [4.69, 9.17) is 15.6 Å². The molecule has 6 nitrogen and oxygen atoms in total. The van der Waals surface area contributed by atoms with Crippen molar-refractivity contribution in [3.8, 4) is 17.0 Å². The molecule has 2 aromatic rings. The van der Waals surface area contributed by atoms with Gasteiger partial charge in [-0.05, 0) is 31.5 Å². The van der Waals surface area contributed by atoms with Crippen molar-refractivity contribution in [2.24, 2.45) is 5.73 Å². The van der Waals surface area contributed by atoms with E-state index in [9.17, 15) is 18.0 Å². The molecule has 1 heterocycles. The first kappa shape index (κ1) is 23.7. The third-order valence-electron chi connectivity index (χ3n) is 4.74. The minimum atomic E-state index is -4.58. The number of halogens is 3. The van der Waals surface area contributed by atoms with Crippen molar-refractivity contribution in [3.63, 3.8) is 0 Å². The van der Waals surface area contributed by atoms with Crippen molar-refractivity contribution in [1.82, 2.24) is 9.97 Å². The Morgan fingerprint density at radius 2 is 1.93 bits per heavy atom. The van der Waals surface area contributed by atoms with E-state index in [1.165, 1.54) is 25.3 Å². The van der Waals surface area contributed by atoms with Gasteiger partial charge in [-0.3, -0.25) is 4.79 Å². The Morgan fingerprint density at radius 3 is 2.57 bits per heavy atom. The van der Waals surface area contributed by atoms with Crippen LogP contribution in [0.4, 0.5) is 13.2 Å². The first-order valence-corrected chi connectivity index (χ1v) is 9.95. The fraction of sp³-hybridized carbons (Fsp3) is 0.524. The summed E-state index contributed by atoms with van der Waals surface area (Å²) in [4.78, 5) is 17.9. The van der Waals surface area contributed by atoms with Crippen LogP contribution in [-0.4, -0.2) is 27.7 Å². The average molecular weight is 427 g/mol. The summed E-state index contributed by atoms with van der Waals surface area (Å²) >= 11 is 0. The number of hydrogen-bond acceptors (Lipinski definition) is 4. The van der Waals surface area contributed by atoms with Crippen molar-refractivity contribution in [2.45, 2.75) is 64.1 Å². The maximum atomic E-state index is 13.6. The number of carboxylic acid groups (broad SMARTS) is 1. The number of nitrogens with one attached hydrogen (secondary N) is 1. The van der Waals surface area contributed by atoms with Crippen molar-refractivity contribution in [2.75, 3.05) is 6.61 Å². The lowest BCUT2D eigenvalue weighted by Crippen LogP contribution is -2.36. The molecule has 0 aliphatic heterocycles. The molecular formula is C21H28F3N3O3. The minimum absolute atomic E-state index is 0.181. The number of H-pyrrole nitrogens is 1. The van der Waals surface area contributed by atoms with Crippen LogP contribution in [-0.2, 0) is 16.5 Å². The molecule has 0 radical (unpaired) electrons. The number of rotatable bonds is 11. The number of aliphatic carboxylic acids is 1. The van der Waals surface area contributed by atoms with E-state index in [-0.39, 0.29) is 30.2 Å². The number of aromatic nitrogens is 2. The van der Waals surface area contributed by atoms with Crippen LogP contribution >= 0.6 is 0 Å². The van der Waals surface area contributed by atoms with Crippen LogP contribution in [0, 0.1) is 0 Å². The molecule has 0 aliphatic rings. The lowest BCUT2D eigenvalue weighted by molar-refractivity contribution is -0.139.